The van der Waals surface area contributed by atoms with Gasteiger partial charge in [-0.25, -0.2) is 18.7 Å². The molecule has 14 heteroatoms. The maximum atomic E-state index is 15.7. The average molecular weight is 606 g/mol. The quantitative estimate of drug-likeness (QED) is 0.321. The molecular formula is C29H32F5N7O2. The summed E-state index contributed by atoms with van der Waals surface area (Å²) in [5, 5.41) is 2.52. The highest BCUT2D eigenvalue weighted by atomic mass is 19.4. The van der Waals surface area contributed by atoms with Gasteiger partial charge >= 0.3 is 6.18 Å². The molecule has 0 radical (unpaired) electrons. The van der Waals surface area contributed by atoms with E-state index in [0.29, 0.717) is 57.0 Å². The van der Waals surface area contributed by atoms with Gasteiger partial charge in [-0.3, -0.25) is 9.69 Å². The Kier molecular flexibility index (Phi) is 8.43. The van der Waals surface area contributed by atoms with E-state index in [-0.39, 0.29) is 35.1 Å². The van der Waals surface area contributed by atoms with Gasteiger partial charge in [-0.05, 0) is 45.2 Å². The number of benzene rings is 2. The Hall–Kier alpha value is -4.04. The number of anilines is 4. The number of nitrogen functional groups attached to an aromatic ring is 1. The first-order chi connectivity index (χ1) is 20.3. The number of nitrogens with one attached hydrogen (secondary N) is 1. The number of amides is 1. The van der Waals surface area contributed by atoms with Gasteiger partial charge in [0.25, 0.3) is 5.91 Å². The third-order valence-corrected chi connectivity index (χ3v) is 7.96. The van der Waals surface area contributed by atoms with Gasteiger partial charge in [0.2, 0.25) is 5.95 Å². The molecule has 9 nitrogen and oxygen atoms in total. The van der Waals surface area contributed by atoms with Crippen LogP contribution in [-0.4, -0.2) is 79.3 Å². The smallest absolute Gasteiger partial charge is 0.396 e. The number of hydrogen-bond acceptors (Lipinski definition) is 8. The highest BCUT2D eigenvalue weighted by molar-refractivity contribution is 6.08. The molecule has 0 aliphatic carbocycles. The van der Waals surface area contributed by atoms with E-state index in [9.17, 15) is 22.4 Å². The minimum Gasteiger partial charge on any atom is -0.396 e. The van der Waals surface area contributed by atoms with Crippen LogP contribution < -0.4 is 20.9 Å². The number of alkyl halides is 3. The SMILES string of the molecule is CC1CN(c2cc(F)c(-c3cnc(N4CCOCC4)nc3)cc2NC(=O)c2cc(N)c(F)cc2C(F)(F)F)CC(C)N1C. The van der Waals surface area contributed by atoms with E-state index in [1.165, 1.54) is 24.5 Å². The van der Waals surface area contributed by atoms with Crippen LogP contribution in [0.5, 0.6) is 0 Å². The van der Waals surface area contributed by atoms with Crippen molar-refractivity contribution in [2.24, 2.45) is 0 Å². The van der Waals surface area contributed by atoms with Crippen LogP contribution in [0.4, 0.5) is 45.0 Å². The number of ether oxygens (including phenoxy) is 1. The summed E-state index contributed by atoms with van der Waals surface area (Å²) in [5.41, 5.74) is 3.28. The molecule has 1 aromatic heterocycles. The molecule has 0 spiro atoms. The van der Waals surface area contributed by atoms with Crippen molar-refractivity contribution >= 4 is 28.9 Å². The number of carbonyl (C=O) groups excluding carboxylic acids is 1. The van der Waals surface area contributed by atoms with Gasteiger partial charge in [-0.15, -0.1) is 0 Å². The summed E-state index contributed by atoms with van der Waals surface area (Å²) in [6, 6.07) is 3.56. The second-order valence-electron chi connectivity index (χ2n) is 10.9. The molecule has 5 rings (SSSR count). The molecule has 2 fully saturated rings. The summed E-state index contributed by atoms with van der Waals surface area (Å²) in [6.07, 6.45) is -2.13. The number of nitrogens with zero attached hydrogens (tertiary/aromatic N) is 5. The molecule has 1 amide bonds. The largest absolute Gasteiger partial charge is 0.417 e. The summed E-state index contributed by atoms with van der Waals surface area (Å²) in [4.78, 5) is 28.1. The first kappa shape index (κ1) is 30.4. The van der Waals surface area contributed by atoms with Crippen LogP contribution in [0.2, 0.25) is 0 Å². The fourth-order valence-corrected chi connectivity index (χ4v) is 5.34. The van der Waals surface area contributed by atoms with Gasteiger partial charge in [0.15, 0.2) is 0 Å². The van der Waals surface area contributed by atoms with Crippen molar-refractivity contribution in [3.63, 3.8) is 0 Å². The van der Waals surface area contributed by atoms with Crippen LogP contribution in [0.1, 0.15) is 29.8 Å². The molecule has 43 heavy (non-hydrogen) atoms. The topological polar surface area (TPSA) is 99.8 Å². The number of morpholine rings is 1. The molecule has 2 saturated heterocycles. The van der Waals surface area contributed by atoms with Gasteiger partial charge < -0.3 is 25.6 Å². The monoisotopic (exact) mass is 605 g/mol. The number of hydrogen-bond donors (Lipinski definition) is 2. The van der Waals surface area contributed by atoms with Gasteiger partial charge in [-0.1, -0.05) is 0 Å². The van der Waals surface area contributed by atoms with Gasteiger partial charge in [-0.2, -0.15) is 13.2 Å². The summed E-state index contributed by atoms with van der Waals surface area (Å²) in [5.74, 6) is -2.65. The predicted octanol–water partition coefficient (Wildman–Crippen LogP) is 4.64. The number of halogens is 5. The molecule has 230 valence electrons. The Morgan fingerprint density at radius 3 is 2.21 bits per heavy atom. The Bertz CT molecular complexity index is 1480. The Labute approximate surface area is 245 Å². The average Bonchev–Trinajstić information content (AvgIpc) is 2.97. The fourth-order valence-electron chi connectivity index (χ4n) is 5.34. The third-order valence-electron chi connectivity index (χ3n) is 7.96. The second-order valence-corrected chi connectivity index (χ2v) is 10.9. The zero-order valence-corrected chi connectivity index (χ0v) is 23.9. The van der Waals surface area contributed by atoms with Gasteiger partial charge in [0.05, 0.1) is 41.4 Å². The zero-order valence-electron chi connectivity index (χ0n) is 23.9. The van der Waals surface area contributed by atoms with Crippen LogP contribution in [0.15, 0.2) is 36.7 Å². The van der Waals surface area contributed by atoms with Crippen molar-refractivity contribution in [2.75, 3.05) is 67.3 Å². The molecule has 2 atom stereocenters. The van der Waals surface area contributed by atoms with E-state index in [1.54, 1.807) is 0 Å². The molecule has 2 aliphatic rings. The lowest BCUT2D eigenvalue weighted by Gasteiger charge is -2.44. The van der Waals surface area contributed by atoms with E-state index in [4.69, 9.17) is 10.5 Å². The summed E-state index contributed by atoms with van der Waals surface area (Å²) >= 11 is 0. The van der Waals surface area contributed by atoms with Gasteiger partial charge in [0.1, 0.15) is 11.6 Å². The Morgan fingerprint density at radius 2 is 1.60 bits per heavy atom. The highest BCUT2D eigenvalue weighted by Gasteiger charge is 2.37. The molecule has 3 aromatic rings. The molecular weight excluding hydrogens is 573 g/mol. The number of likely N-dealkylation sites (N-methyl/N-ethyl adjacent to an activating group) is 1. The second kappa shape index (κ2) is 11.9. The van der Waals surface area contributed by atoms with E-state index in [0.717, 1.165) is 0 Å². The van der Waals surface area contributed by atoms with E-state index >= 15 is 4.39 Å². The molecule has 2 aliphatic heterocycles. The van der Waals surface area contributed by atoms with Crippen molar-refractivity contribution in [2.45, 2.75) is 32.1 Å². The minimum atomic E-state index is -5.03. The lowest BCUT2D eigenvalue weighted by atomic mass is 10.0. The third kappa shape index (κ3) is 6.34. The number of piperazine rings is 1. The van der Waals surface area contributed by atoms with Crippen LogP contribution in [0.25, 0.3) is 11.1 Å². The maximum absolute atomic E-state index is 15.7. The standard InChI is InChI=1S/C29H32F5N7O2/c1-16-14-41(15-17(2)39(16)3)26-11-22(30)19(18-12-36-28(37-13-18)40-4-6-43-7-5-40)9-25(26)38-27(42)20-8-24(35)23(31)10-21(20)29(32,33)34/h8-13,16-17H,4-7,14-15,35H2,1-3H3,(H,38,42). The van der Waals surface area contributed by atoms with Crippen molar-refractivity contribution in [3.05, 3.63) is 59.4 Å². The fraction of sp³-hybridized carbons (Fsp3) is 0.414. The molecule has 0 bridgehead atoms. The number of carbonyl (C=O) groups is 1. The number of nitrogens with two attached hydrogens (primary N) is 1. The van der Waals surface area contributed by atoms with Crippen LogP contribution in [0.3, 0.4) is 0 Å². The first-order valence-corrected chi connectivity index (χ1v) is 13.8. The van der Waals surface area contributed by atoms with E-state index < -0.39 is 40.5 Å². The van der Waals surface area contributed by atoms with Gasteiger partial charge in [0, 0.05) is 61.8 Å². The van der Waals surface area contributed by atoms with Crippen molar-refractivity contribution in [3.8, 4) is 11.1 Å². The summed E-state index contributed by atoms with van der Waals surface area (Å²) < 4.78 is 76.4. The lowest BCUT2D eigenvalue weighted by Crippen LogP contribution is -2.55. The normalized spacial score (nSPS) is 19.9. The highest BCUT2D eigenvalue weighted by Crippen LogP contribution is 2.38. The Morgan fingerprint density at radius 1 is 0.977 bits per heavy atom. The Balaban J connectivity index is 1.56. The minimum absolute atomic E-state index is 0.0393. The molecule has 2 aromatic carbocycles. The van der Waals surface area contributed by atoms with E-state index in [1.807, 2.05) is 30.7 Å². The molecule has 0 saturated carbocycles. The summed E-state index contributed by atoms with van der Waals surface area (Å²) in [6.45, 7) is 7.20. The maximum Gasteiger partial charge on any atom is 0.417 e. The molecule has 2 unspecified atom stereocenters. The molecule has 3 heterocycles. The molecule has 3 N–H and O–H groups in total. The number of aromatic nitrogens is 2. The van der Waals surface area contributed by atoms with Crippen LogP contribution >= 0.6 is 0 Å². The van der Waals surface area contributed by atoms with Crippen molar-refractivity contribution in [1.82, 2.24) is 14.9 Å². The van der Waals surface area contributed by atoms with Crippen LogP contribution in [-0.2, 0) is 10.9 Å². The lowest BCUT2D eigenvalue weighted by molar-refractivity contribution is -0.138. The van der Waals surface area contributed by atoms with Crippen molar-refractivity contribution < 1.29 is 31.5 Å². The van der Waals surface area contributed by atoms with Crippen LogP contribution in [0, 0.1) is 11.6 Å². The van der Waals surface area contributed by atoms with E-state index in [2.05, 4.69) is 20.2 Å². The van der Waals surface area contributed by atoms with Crippen molar-refractivity contribution in [1.29, 1.82) is 0 Å². The zero-order chi connectivity index (χ0) is 31.1. The number of rotatable bonds is 5. The predicted molar refractivity (Wildman–Crippen MR) is 153 cm³/mol. The summed E-state index contributed by atoms with van der Waals surface area (Å²) in [7, 11) is 1.97. The first-order valence-electron chi connectivity index (χ1n) is 13.8.